The molecule has 3 rings (SSSR count). The molecule has 0 saturated heterocycles. The number of anilines is 1. The van der Waals surface area contributed by atoms with Crippen LogP contribution >= 0.6 is 11.3 Å². The fourth-order valence-electron chi connectivity index (χ4n) is 2.49. The van der Waals surface area contributed by atoms with Crippen molar-refractivity contribution in [3.8, 4) is 0 Å². The number of rotatable bonds is 6. The second-order valence-electron chi connectivity index (χ2n) is 5.91. The van der Waals surface area contributed by atoms with Crippen molar-refractivity contribution in [2.75, 3.05) is 11.8 Å². The van der Waals surface area contributed by atoms with E-state index in [0.29, 0.717) is 17.8 Å². The molecule has 2 aromatic carbocycles. The van der Waals surface area contributed by atoms with Crippen LogP contribution in [-0.4, -0.2) is 26.3 Å². The molecular formula is C19H17FN2O3S2. The van der Waals surface area contributed by atoms with E-state index in [2.05, 4.69) is 4.72 Å². The molecule has 0 unspecified atom stereocenters. The molecule has 5 nitrogen and oxygen atoms in total. The molecule has 0 saturated carbocycles. The summed E-state index contributed by atoms with van der Waals surface area (Å²) in [7, 11) is -2.04. The highest BCUT2D eigenvalue weighted by Crippen LogP contribution is 2.21. The van der Waals surface area contributed by atoms with E-state index < -0.39 is 10.0 Å². The molecule has 8 heteroatoms. The Morgan fingerprint density at radius 3 is 2.52 bits per heavy atom. The van der Waals surface area contributed by atoms with E-state index in [1.807, 2.05) is 0 Å². The summed E-state index contributed by atoms with van der Waals surface area (Å²) in [5, 5.41) is 1.68. The van der Waals surface area contributed by atoms with Crippen molar-refractivity contribution in [3.05, 3.63) is 83.0 Å². The predicted molar refractivity (Wildman–Crippen MR) is 104 cm³/mol. The predicted octanol–water partition coefficient (Wildman–Crippen LogP) is 3.96. The van der Waals surface area contributed by atoms with Crippen molar-refractivity contribution in [2.45, 2.75) is 10.8 Å². The SMILES string of the molecule is CN(Cc1ccc(F)cc1)C(=O)c1cccc(NS(=O)(=O)c2cccs2)c1. The Labute approximate surface area is 161 Å². The van der Waals surface area contributed by atoms with E-state index in [1.54, 1.807) is 48.8 Å². The van der Waals surface area contributed by atoms with Crippen molar-refractivity contribution < 1.29 is 17.6 Å². The van der Waals surface area contributed by atoms with E-state index in [-0.39, 0.29) is 15.9 Å². The summed E-state index contributed by atoms with van der Waals surface area (Å²) >= 11 is 1.11. The Morgan fingerprint density at radius 1 is 1.11 bits per heavy atom. The van der Waals surface area contributed by atoms with E-state index in [0.717, 1.165) is 16.9 Å². The molecule has 140 valence electrons. The van der Waals surface area contributed by atoms with Crippen molar-refractivity contribution in [2.24, 2.45) is 0 Å². The van der Waals surface area contributed by atoms with E-state index >= 15 is 0 Å². The van der Waals surface area contributed by atoms with Gasteiger partial charge in [0.1, 0.15) is 10.0 Å². The number of hydrogen-bond acceptors (Lipinski definition) is 4. The summed E-state index contributed by atoms with van der Waals surface area (Å²) in [6, 6.07) is 15.4. The van der Waals surface area contributed by atoms with Gasteiger partial charge in [0, 0.05) is 24.8 Å². The molecule has 0 radical (unpaired) electrons. The van der Waals surface area contributed by atoms with Gasteiger partial charge in [-0.3, -0.25) is 9.52 Å². The van der Waals surface area contributed by atoms with Crippen LogP contribution in [0.15, 0.2) is 70.3 Å². The highest BCUT2D eigenvalue weighted by molar-refractivity contribution is 7.94. The van der Waals surface area contributed by atoms with Crippen LogP contribution in [0.25, 0.3) is 0 Å². The van der Waals surface area contributed by atoms with Gasteiger partial charge >= 0.3 is 0 Å². The normalized spacial score (nSPS) is 11.2. The molecule has 1 aromatic heterocycles. The molecule has 1 amide bonds. The molecule has 27 heavy (non-hydrogen) atoms. The number of amides is 1. The molecular weight excluding hydrogens is 387 g/mol. The number of carbonyl (C=O) groups excluding carboxylic acids is 1. The Kier molecular flexibility index (Phi) is 5.57. The van der Waals surface area contributed by atoms with Crippen LogP contribution in [-0.2, 0) is 16.6 Å². The first-order chi connectivity index (χ1) is 12.8. The average Bonchev–Trinajstić information content (AvgIpc) is 3.18. The maximum absolute atomic E-state index is 13.0. The Balaban J connectivity index is 1.74. The zero-order chi connectivity index (χ0) is 19.4. The van der Waals surface area contributed by atoms with E-state index in [9.17, 15) is 17.6 Å². The number of hydrogen-bond donors (Lipinski definition) is 1. The average molecular weight is 404 g/mol. The van der Waals surface area contributed by atoms with Gasteiger partial charge in [-0.2, -0.15) is 0 Å². The fourth-order valence-corrected chi connectivity index (χ4v) is 4.54. The number of benzene rings is 2. The minimum absolute atomic E-state index is 0.202. The van der Waals surface area contributed by atoms with E-state index in [4.69, 9.17) is 0 Å². The quantitative estimate of drug-likeness (QED) is 0.676. The Hall–Kier alpha value is -2.71. The number of nitrogens with one attached hydrogen (secondary N) is 1. The van der Waals surface area contributed by atoms with Crippen LogP contribution in [0.1, 0.15) is 15.9 Å². The van der Waals surface area contributed by atoms with Gasteiger partial charge in [-0.25, -0.2) is 12.8 Å². The number of sulfonamides is 1. The lowest BCUT2D eigenvalue weighted by Gasteiger charge is -2.18. The highest BCUT2D eigenvalue weighted by atomic mass is 32.2. The molecule has 3 aromatic rings. The van der Waals surface area contributed by atoms with Crippen LogP contribution in [0.4, 0.5) is 10.1 Å². The zero-order valence-corrected chi connectivity index (χ0v) is 16.1. The fraction of sp³-hybridized carbons (Fsp3) is 0.105. The lowest BCUT2D eigenvalue weighted by molar-refractivity contribution is 0.0785. The number of halogens is 1. The third-order valence-electron chi connectivity index (χ3n) is 3.80. The lowest BCUT2D eigenvalue weighted by Crippen LogP contribution is -2.26. The third kappa shape index (κ3) is 4.72. The first-order valence-electron chi connectivity index (χ1n) is 8.01. The molecule has 0 bridgehead atoms. The lowest BCUT2D eigenvalue weighted by atomic mass is 10.1. The van der Waals surface area contributed by atoms with Gasteiger partial charge in [0.25, 0.3) is 15.9 Å². The van der Waals surface area contributed by atoms with Crippen LogP contribution in [0, 0.1) is 5.82 Å². The van der Waals surface area contributed by atoms with Crippen LogP contribution in [0.3, 0.4) is 0 Å². The summed E-state index contributed by atoms with van der Waals surface area (Å²) in [6.45, 7) is 0.310. The minimum atomic E-state index is -3.68. The molecule has 0 aliphatic rings. The molecule has 0 fully saturated rings. The molecule has 0 aliphatic carbocycles. The second-order valence-corrected chi connectivity index (χ2v) is 8.76. The minimum Gasteiger partial charge on any atom is -0.337 e. The highest BCUT2D eigenvalue weighted by Gasteiger charge is 2.17. The van der Waals surface area contributed by atoms with Gasteiger partial charge in [0.2, 0.25) is 0 Å². The van der Waals surface area contributed by atoms with Crippen molar-refractivity contribution in [3.63, 3.8) is 0 Å². The monoisotopic (exact) mass is 404 g/mol. The molecule has 0 atom stereocenters. The van der Waals surface area contributed by atoms with Gasteiger partial charge in [0.05, 0.1) is 0 Å². The van der Waals surface area contributed by atoms with Crippen LogP contribution in [0.2, 0.25) is 0 Å². The second kappa shape index (κ2) is 7.89. The largest absolute Gasteiger partial charge is 0.337 e. The van der Waals surface area contributed by atoms with Gasteiger partial charge in [-0.05, 0) is 47.3 Å². The standard InChI is InChI=1S/C19H17FN2O3S2/c1-22(13-14-7-9-16(20)10-8-14)19(23)15-4-2-5-17(12-15)21-27(24,25)18-6-3-11-26-18/h2-12,21H,13H2,1H3. The summed E-state index contributed by atoms with van der Waals surface area (Å²) in [5.41, 5.74) is 1.46. The summed E-state index contributed by atoms with van der Waals surface area (Å²) in [5.74, 6) is -0.602. The van der Waals surface area contributed by atoms with Gasteiger partial charge < -0.3 is 4.90 Å². The number of nitrogens with zero attached hydrogens (tertiary/aromatic N) is 1. The molecule has 0 aliphatic heterocycles. The Morgan fingerprint density at radius 2 is 1.85 bits per heavy atom. The summed E-state index contributed by atoms with van der Waals surface area (Å²) in [6.07, 6.45) is 0. The first-order valence-corrected chi connectivity index (χ1v) is 10.4. The van der Waals surface area contributed by atoms with Crippen LogP contribution in [0.5, 0.6) is 0 Å². The first kappa shape index (κ1) is 19.1. The van der Waals surface area contributed by atoms with Gasteiger partial charge in [0.15, 0.2) is 0 Å². The number of thiophene rings is 1. The molecule has 1 heterocycles. The number of carbonyl (C=O) groups is 1. The maximum atomic E-state index is 13.0. The zero-order valence-electron chi connectivity index (χ0n) is 14.4. The topological polar surface area (TPSA) is 66.5 Å². The van der Waals surface area contributed by atoms with Gasteiger partial charge in [-0.15, -0.1) is 11.3 Å². The molecule has 1 N–H and O–H groups in total. The van der Waals surface area contributed by atoms with Crippen molar-refractivity contribution in [1.82, 2.24) is 4.90 Å². The molecule has 0 spiro atoms. The summed E-state index contributed by atoms with van der Waals surface area (Å²) in [4.78, 5) is 14.1. The van der Waals surface area contributed by atoms with Crippen molar-refractivity contribution in [1.29, 1.82) is 0 Å². The Bertz CT molecular complexity index is 1030. The van der Waals surface area contributed by atoms with Crippen LogP contribution < -0.4 is 4.72 Å². The van der Waals surface area contributed by atoms with Crippen molar-refractivity contribution >= 4 is 33.0 Å². The maximum Gasteiger partial charge on any atom is 0.271 e. The van der Waals surface area contributed by atoms with E-state index in [1.165, 1.54) is 29.2 Å². The smallest absolute Gasteiger partial charge is 0.271 e. The third-order valence-corrected chi connectivity index (χ3v) is 6.58. The van der Waals surface area contributed by atoms with Gasteiger partial charge in [-0.1, -0.05) is 24.3 Å². The summed E-state index contributed by atoms with van der Waals surface area (Å²) < 4.78 is 40.3.